The number of para-hydroxylation sites is 1. The van der Waals surface area contributed by atoms with Gasteiger partial charge in [0.15, 0.2) is 0 Å². The Bertz CT molecular complexity index is 1370. The van der Waals surface area contributed by atoms with Crippen molar-refractivity contribution in [2.45, 2.75) is 33.4 Å². The van der Waals surface area contributed by atoms with Gasteiger partial charge in [-0.05, 0) is 44.0 Å². The van der Waals surface area contributed by atoms with E-state index >= 15 is 0 Å². The van der Waals surface area contributed by atoms with Crippen LogP contribution in [0.3, 0.4) is 0 Å². The van der Waals surface area contributed by atoms with Crippen molar-refractivity contribution < 1.29 is 4.79 Å². The Labute approximate surface area is 194 Å². The fraction of sp³-hybridized carbons (Fsp3) is 0.172. The number of rotatable bonds is 6. The molecule has 0 radical (unpaired) electrons. The zero-order chi connectivity index (χ0) is 23.4. The standard InChI is InChI=1S/C29H27N3O/c1-20-10-9-11-23(16-20)19-32-22(3)27(26-14-7-8-15-28(26)32)17-25(18-30)29(33)31-21(2)24-12-5-4-6-13-24/h4-17,21H,19H2,1-3H3,(H,31,33)/b25-17+/t21-/m1/s1. The van der Waals surface area contributed by atoms with Crippen LogP contribution in [0.4, 0.5) is 0 Å². The summed E-state index contributed by atoms with van der Waals surface area (Å²) in [5, 5.41) is 13.8. The Hall–Kier alpha value is -4.10. The first kappa shape index (κ1) is 22.1. The molecule has 1 heterocycles. The van der Waals surface area contributed by atoms with Crippen LogP contribution in [-0.2, 0) is 11.3 Å². The number of carbonyl (C=O) groups excluding carboxylic acids is 1. The van der Waals surface area contributed by atoms with Gasteiger partial charge >= 0.3 is 0 Å². The third kappa shape index (κ3) is 4.73. The third-order valence-electron chi connectivity index (χ3n) is 6.00. The van der Waals surface area contributed by atoms with E-state index in [9.17, 15) is 10.1 Å². The summed E-state index contributed by atoms with van der Waals surface area (Å²) in [4.78, 5) is 12.9. The number of amides is 1. The zero-order valence-electron chi connectivity index (χ0n) is 19.2. The van der Waals surface area contributed by atoms with E-state index in [0.717, 1.165) is 34.3 Å². The van der Waals surface area contributed by atoms with E-state index in [1.54, 1.807) is 6.08 Å². The lowest BCUT2D eigenvalue weighted by Gasteiger charge is -2.13. The summed E-state index contributed by atoms with van der Waals surface area (Å²) >= 11 is 0. The molecule has 0 aliphatic heterocycles. The number of fused-ring (bicyclic) bond motifs is 1. The molecular formula is C29H27N3O. The Balaban J connectivity index is 1.70. The number of carbonyl (C=O) groups is 1. The molecule has 4 heteroatoms. The summed E-state index contributed by atoms with van der Waals surface area (Å²) in [7, 11) is 0. The van der Waals surface area contributed by atoms with Crippen molar-refractivity contribution in [3.63, 3.8) is 0 Å². The van der Waals surface area contributed by atoms with Gasteiger partial charge in [0.2, 0.25) is 0 Å². The van der Waals surface area contributed by atoms with Crippen LogP contribution in [0.1, 0.15) is 40.9 Å². The normalized spacial score (nSPS) is 12.4. The van der Waals surface area contributed by atoms with Crippen LogP contribution >= 0.6 is 0 Å². The lowest BCUT2D eigenvalue weighted by atomic mass is 10.1. The van der Waals surface area contributed by atoms with E-state index in [0.29, 0.717) is 0 Å². The van der Waals surface area contributed by atoms with Crippen LogP contribution in [0, 0.1) is 25.2 Å². The van der Waals surface area contributed by atoms with Crippen molar-refractivity contribution in [2.75, 3.05) is 0 Å². The van der Waals surface area contributed by atoms with Crippen molar-refractivity contribution in [2.24, 2.45) is 0 Å². The topological polar surface area (TPSA) is 57.8 Å². The molecule has 0 aliphatic rings. The molecule has 4 nitrogen and oxygen atoms in total. The highest BCUT2D eigenvalue weighted by molar-refractivity contribution is 6.04. The number of hydrogen-bond donors (Lipinski definition) is 1. The molecule has 0 fully saturated rings. The number of nitrogens with zero attached hydrogens (tertiary/aromatic N) is 2. The lowest BCUT2D eigenvalue weighted by Crippen LogP contribution is -2.27. The van der Waals surface area contributed by atoms with Gasteiger partial charge in [0.05, 0.1) is 6.04 Å². The highest BCUT2D eigenvalue weighted by Gasteiger charge is 2.17. The van der Waals surface area contributed by atoms with E-state index in [2.05, 4.69) is 53.2 Å². The first-order valence-electron chi connectivity index (χ1n) is 11.1. The molecule has 164 valence electrons. The minimum atomic E-state index is -0.372. The maximum Gasteiger partial charge on any atom is 0.262 e. The van der Waals surface area contributed by atoms with Crippen LogP contribution in [0.5, 0.6) is 0 Å². The van der Waals surface area contributed by atoms with Gasteiger partial charge in [-0.25, -0.2) is 0 Å². The number of nitriles is 1. The van der Waals surface area contributed by atoms with Gasteiger partial charge in [0.25, 0.3) is 5.91 Å². The molecule has 1 amide bonds. The number of benzene rings is 3. The van der Waals surface area contributed by atoms with Gasteiger partial charge in [0, 0.05) is 28.7 Å². The van der Waals surface area contributed by atoms with E-state index in [4.69, 9.17) is 0 Å². The molecule has 0 saturated heterocycles. The fourth-order valence-corrected chi connectivity index (χ4v) is 4.23. The van der Waals surface area contributed by atoms with Crippen LogP contribution in [0.15, 0.2) is 84.4 Å². The number of hydrogen-bond acceptors (Lipinski definition) is 2. The lowest BCUT2D eigenvalue weighted by molar-refractivity contribution is -0.117. The van der Waals surface area contributed by atoms with Gasteiger partial charge in [-0.3, -0.25) is 4.79 Å². The van der Waals surface area contributed by atoms with Gasteiger partial charge in [-0.1, -0.05) is 78.4 Å². The van der Waals surface area contributed by atoms with Gasteiger partial charge < -0.3 is 9.88 Å². The summed E-state index contributed by atoms with van der Waals surface area (Å²) in [5.74, 6) is -0.372. The molecule has 1 aromatic heterocycles. The maximum absolute atomic E-state index is 12.9. The molecule has 0 unspecified atom stereocenters. The number of aryl methyl sites for hydroxylation is 1. The first-order valence-corrected chi connectivity index (χ1v) is 11.1. The van der Waals surface area contributed by atoms with Gasteiger partial charge in [-0.2, -0.15) is 5.26 Å². The van der Waals surface area contributed by atoms with Crippen LogP contribution in [0.2, 0.25) is 0 Å². The Morgan fingerprint density at radius 1 is 1.03 bits per heavy atom. The van der Waals surface area contributed by atoms with Gasteiger partial charge in [0.1, 0.15) is 11.6 Å². The Kier molecular flexibility index (Phi) is 6.42. The fourth-order valence-electron chi connectivity index (χ4n) is 4.23. The maximum atomic E-state index is 12.9. The third-order valence-corrected chi connectivity index (χ3v) is 6.00. The average Bonchev–Trinajstić information content (AvgIpc) is 3.08. The second kappa shape index (κ2) is 9.58. The molecule has 4 rings (SSSR count). The van der Waals surface area contributed by atoms with E-state index in [-0.39, 0.29) is 17.5 Å². The van der Waals surface area contributed by atoms with Crippen molar-refractivity contribution in [1.29, 1.82) is 5.26 Å². The van der Waals surface area contributed by atoms with Crippen molar-refractivity contribution in [1.82, 2.24) is 9.88 Å². The summed E-state index contributed by atoms with van der Waals surface area (Å²) in [6.07, 6.45) is 1.72. The summed E-state index contributed by atoms with van der Waals surface area (Å²) in [5.41, 5.74) is 6.53. The van der Waals surface area contributed by atoms with E-state index in [1.165, 1.54) is 11.1 Å². The van der Waals surface area contributed by atoms with E-state index in [1.807, 2.05) is 62.4 Å². The first-order chi connectivity index (χ1) is 16.0. The Morgan fingerprint density at radius 3 is 2.48 bits per heavy atom. The molecular weight excluding hydrogens is 406 g/mol. The zero-order valence-corrected chi connectivity index (χ0v) is 19.2. The smallest absolute Gasteiger partial charge is 0.262 e. The molecule has 0 aliphatic carbocycles. The summed E-state index contributed by atoms with van der Waals surface area (Å²) < 4.78 is 2.25. The SMILES string of the molecule is Cc1cccc(Cn2c(C)c(/C=C(\C#N)C(=O)N[C@H](C)c3ccccc3)c3ccccc32)c1. The second-order valence-corrected chi connectivity index (χ2v) is 8.37. The highest BCUT2D eigenvalue weighted by Crippen LogP contribution is 2.29. The van der Waals surface area contributed by atoms with Crippen molar-refractivity contribution >= 4 is 22.9 Å². The molecule has 1 atom stereocenters. The minimum absolute atomic E-state index is 0.0966. The van der Waals surface area contributed by atoms with Crippen molar-refractivity contribution in [3.05, 3.63) is 112 Å². The average molecular weight is 434 g/mol. The quantitative estimate of drug-likeness (QED) is 0.295. The van der Waals surface area contributed by atoms with Crippen molar-refractivity contribution in [3.8, 4) is 6.07 Å². The highest BCUT2D eigenvalue weighted by atomic mass is 16.1. The largest absolute Gasteiger partial charge is 0.345 e. The predicted octanol–water partition coefficient (Wildman–Crippen LogP) is 6.09. The molecule has 0 spiro atoms. The molecule has 3 aromatic carbocycles. The summed E-state index contributed by atoms with van der Waals surface area (Å²) in [6.45, 7) is 6.77. The minimum Gasteiger partial charge on any atom is -0.345 e. The number of nitrogens with one attached hydrogen (secondary N) is 1. The molecule has 4 aromatic rings. The predicted molar refractivity (Wildman–Crippen MR) is 134 cm³/mol. The van der Waals surface area contributed by atoms with Crippen LogP contribution in [-0.4, -0.2) is 10.5 Å². The van der Waals surface area contributed by atoms with Crippen LogP contribution in [0.25, 0.3) is 17.0 Å². The molecule has 0 saturated carbocycles. The molecule has 0 bridgehead atoms. The Morgan fingerprint density at radius 2 is 1.76 bits per heavy atom. The second-order valence-electron chi connectivity index (χ2n) is 8.37. The molecule has 33 heavy (non-hydrogen) atoms. The molecule has 1 N–H and O–H groups in total. The number of aromatic nitrogens is 1. The van der Waals surface area contributed by atoms with E-state index < -0.39 is 0 Å². The van der Waals surface area contributed by atoms with Crippen LogP contribution < -0.4 is 5.32 Å². The monoisotopic (exact) mass is 433 g/mol. The van der Waals surface area contributed by atoms with Gasteiger partial charge in [-0.15, -0.1) is 0 Å². The summed E-state index contributed by atoms with van der Waals surface area (Å²) in [6, 6.07) is 28.2.